The van der Waals surface area contributed by atoms with Gasteiger partial charge in [-0.25, -0.2) is 0 Å². The summed E-state index contributed by atoms with van der Waals surface area (Å²) in [4.78, 5) is 0. The van der Waals surface area contributed by atoms with E-state index in [1.807, 2.05) is 0 Å². The third-order valence-electron chi connectivity index (χ3n) is 0. The van der Waals surface area contributed by atoms with Crippen molar-refractivity contribution in [2.45, 2.75) is 0 Å². The first-order valence-corrected chi connectivity index (χ1v) is 0. The molecule has 0 nitrogen and oxygen atoms in total. The van der Waals surface area contributed by atoms with Crippen LogP contribution in [0.3, 0.4) is 0 Å². The molecule has 0 aromatic rings. The van der Waals surface area contributed by atoms with E-state index < -0.39 is 0 Å². The van der Waals surface area contributed by atoms with Crippen LogP contribution in [0.25, 0.3) is 0 Å². The maximum absolute atomic E-state index is 0. The van der Waals surface area contributed by atoms with Gasteiger partial charge in [0.1, 0.15) is 0 Å². The Bertz CT molecular complexity index is 4.85. The topological polar surface area (TPSA) is 0 Å². The van der Waals surface area contributed by atoms with Gasteiger partial charge in [0.15, 0.2) is 0 Å². The van der Waals surface area contributed by atoms with E-state index in [9.17, 15) is 0 Å². The predicted octanol–water partition coefficient (Wildman–Crippen LogP) is -5.12. The fraction of sp³-hybridized carbons (Fsp3) is 0. The first kappa shape index (κ1) is 34.2. The fourth-order valence-electron chi connectivity index (χ4n) is 0. The van der Waals surface area contributed by atoms with Gasteiger partial charge in [-0.2, -0.15) is 0 Å². The minimum atomic E-state index is 0. The van der Waals surface area contributed by atoms with Gasteiger partial charge in [-0.3, -0.25) is 0 Å². The van der Waals surface area contributed by atoms with Gasteiger partial charge in [0.05, 0.1) is 0 Å². The Kier molecular flexibility index (Phi) is 163. The summed E-state index contributed by atoms with van der Waals surface area (Å²) in [6.45, 7) is 0. The fourth-order valence-corrected chi connectivity index (χ4v) is 0. The minimum absolute atomic E-state index is 0. The van der Waals surface area contributed by atoms with Crippen LogP contribution in [0.15, 0.2) is 0 Å². The summed E-state index contributed by atoms with van der Waals surface area (Å²) >= 11 is 0. The van der Waals surface area contributed by atoms with Gasteiger partial charge in [0.25, 0.3) is 0 Å². The van der Waals surface area contributed by atoms with Gasteiger partial charge in [-0.05, 0) is 0 Å². The average molecular weight is 877 g/mol. The molecule has 6 radical (unpaired) electrons. The molecule has 0 fully saturated rings. The van der Waals surface area contributed by atoms with Gasteiger partial charge in [0, 0.05) is 0 Å². The van der Waals surface area contributed by atoms with E-state index >= 15 is 0 Å². The SMILES string of the molecule is [Pb+2].[Pb+2].[Pb+2].[SbH6-3].[SbH6-3]. The molecule has 0 saturated heterocycles. The van der Waals surface area contributed by atoms with Crippen LogP contribution in [0.2, 0.25) is 0 Å². The van der Waals surface area contributed by atoms with Crippen molar-refractivity contribution in [3.63, 3.8) is 0 Å². The molecule has 0 amide bonds. The van der Waals surface area contributed by atoms with E-state index in [0.717, 1.165) is 0 Å². The van der Waals surface area contributed by atoms with Crippen LogP contribution in [-0.2, 0) is 0 Å². The summed E-state index contributed by atoms with van der Waals surface area (Å²) in [5, 5.41) is 0. The number of hydrogen-bond acceptors (Lipinski definition) is 0. The van der Waals surface area contributed by atoms with E-state index in [2.05, 4.69) is 0 Å². The van der Waals surface area contributed by atoms with Crippen molar-refractivity contribution < 1.29 is 0 Å². The summed E-state index contributed by atoms with van der Waals surface area (Å²) in [6.07, 6.45) is 0. The Balaban J connectivity index is 0. The van der Waals surface area contributed by atoms with Crippen molar-refractivity contribution in [1.29, 1.82) is 0 Å². The molecule has 5 heteroatoms. The van der Waals surface area contributed by atoms with E-state index in [1.54, 1.807) is 0 Å². The second-order valence-corrected chi connectivity index (χ2v) is 0. The van der Waals surface area contributed by atoms with Crippen molar-refractivity contribution in [1.82, 2.24) is 0 Å². The first-order valence-electron chi connectivity index (χ1n) is 0. The van der Waals surface area contributed by atoms with Crippen LogP contribution in [0.1, 0.15) is 0 Å². The summed E-state index contributed by atoms with van der Waals surface area (Å²) in [6, 6.07) is 0. The Morgan fingerprint density at radius 1 is 0.400 bits per heavy atom. The second-order valence-electron chi connectivity index (χ2n) is 0. The molecule has 0 aromatic heterocycles. The molecule has 0 saturated carbocycles. The van der Waals surface area contributed by atoms with Gasteiger partial charge in [-0.15, -0.1) is 0 Å². The maximum atomic E-state index is 0. The van der Waals surface area contributed by atoms with Gasteiger partial charge >= 0.3 is 131 Å². The molecule has 0 aliphatic rings. The Morgan fingerprint density at radius 3 is 0.400 bits per heavy atom. The van der Waals surface area contributed by atoms with Crippen LogP contribution in [-0.4, -0.2) is 131 Å². The zero-order valence-corrected chi connectivity index (χ0v) is 13.2. The molecule has 0 aliphatic carbocycles. The van der Waals surface area contributed by atoms with Gasteiger partial charge in [-0.1, -0.05) is 0 Å². The van der Waals surface area contributed by atoms with Crippen molar-refractivity contribution in [2.24, 2.45) is 0 Å². The van der Waals surface area contributed by atoms with Gasteiger partial charge < -0.3 is 0 Å². The van der Waals surface area contributed by atoms with E-state index in [1.165, 1.54) is 0 Å². The Labute approximate surface area is 127 Å². The molecule has 5 heavy (non-hydrogen) atoms. The van der Waals surface area contributed by atoms with E-state index in [4.69, 9.17) is 0 Å². The van der Waals surface area contributed by atoms with Crippen molar-refractivity contribution in [3.8, 4) is 0 Å². The molecular formula is H12Pb3Sb2. The van der Waals surface area contributed by atoms with Crippen LogP contribution < -0.4 is 0 Å². The zero-order valence-electron chi connectivity index (χ0n) is 1.50. The van der Waals surface area contributed by atoms with E-state index in [0.29, 0.717) is 0 Å². The van der Waals surface area contributed by atoms with Crippen LogP contribution in [0.4, 0.5) is 0 Å². The third kappa shape index (κ3) is 17.8. The first-order chi connectivity index (χ1) is 0. The molecule has 0 heterocycles. The molecule has 0 aliphatic heterocycles. The normalized spacial score (nSPS) is 0. The van der Waals surface area contributed by atoms with Crippen molar-refractivity contribution in [2.75, 3.05) is 0 Å². The quantitative estimate of drug-likeness (QED) is 0.214. The standard InChI is InChI=1S/3Pb.2Sb.12H/q3*+2;2*-3;;;;;;;;;;;;. The monoisotopic (exact) mass is 878 g/mol. The van der Waals surface area contributed by atoms with E-state index in [-0.39, 0.29) is 131 Å². The molecular weight excluding hydrogens is 865 g/mol. The predicted molar refractivity (Wildman–Crippen MR) is 45.5 cm³/mol. The van der Waals surface area contributed by atoms with Crippen molar-refractivity contribution in [3.05, 3.63) is 0 Å². The number of rotatable bonds is 0. The summed E-state index contributed by atoms with van der Waals surface area (Å²) < 4.78 is 0. The molecule has 0 rings (SSSR count). The Morgan fingerprint density at radius 2 is 0.400 bits per heavy atom. The summed E-state index contributed by atoms with van der Waals surface area (Å²) in [5.41, 5.74) is 0. The molecule has 34 valence electrons. The molecule has 0 aromatic carbocycles. The zero-order chi connectivity index (χ0) is 0. The number of hydrogen-bond donors (Lipinski definition) is 0. The van der Waals surface area contributed by atoms with Crippen LogP contribution >= 0.6 is 0 Å². The molecule has 0 unspecified atom stereocenters. The second kappa shape index (κ2) is 23.8. The van der Waals surface area contributed by atoms with Crippen molar-refractivity contribution >= 4 is 131 Å². The van der Waals surface area contributed by atoms with Gasteiger partial charge in [0.2, 0.25) is 0 Å². The third-order valence-corrected chi connectivity index (χ3v) is 0. The molecule has 0 N–H and O–H groups in total. The van der Waals surface area contributed by atoms with Crippen LogP contribution in [0, 0.1) is 0 Å². The molecule has 0 spiro atoms. The summed E-state index contributed by atoms with van der Waals surface area (Å²) in [5.74, 6) is 0. The summed E-state index contributed by atoms with van der Waals surface area (Å²) in [7, 11) is 0. The Hall–Kier alpha value is 4.40. The molecule has 0 atom stereocenters. The van der Waals surface area contributed by atoms with Crippen LogP contribution in [0.5, 0.6) is 0 Å². The molecule has 0 bridgehead atoms. The average Bonchev–Trinajstić information content (AvgIpc) is 0.